The molecule has 1 aliphatic rings. The highest BCUT2D eigenvalue weighted by Crippen LogP contribution is 2.34. The lowest BCUT2D eigenvalue weighted by atomic mass is 9.95. The monoisotopic (exact) mass is 357 g/mol. The summed E-state index contributed by atoms with van der Waals surface area (Å²) in [6.07, 6.45) is 1.21. The Morgan fingerprint density at radius 3 is 2.84 bits per heavy atom. The molecule has 2 heterocycles. The molecule has 1 aliphatic heterocycles. The first-order valence-electron chi connectivity index (χ1n) is 9.02. The van der Waals surface area contributed by atoms with Crippen LogP contribution in [0, 0.1) is 5.92 Å². The molecule has 1 aromatic heterocycles. The standard InChI is InChI=1S/C20H27N3OS/c1-3-21-20(23-15(2)18-10-7-13-25-18)22-14-17-11-12-24-19(17)16-8-5-4-6-9-16/h4-10,13,15,17,19H,3,11-12,14H2,1-2H3,(H2,21,22,23). The molecule has 5 heteroatoms. The Morgan fingerprint density at radius 1 is 1.28 bits per heavy atom. The quantitative estimate of drug-likeness (QED) is 0.603. The number of rotatable bonds is 6. The minimum Gasteiger partial charge on any atom is -0.373 e. The third-order valence-electron chi connectivity index (χ3n) is 4.49. The summed E-state index contributed by atoms with van der Waals surface area (Å²) in [6, 6.07) is 15.0. The smallest absolute Gasteiger partial charge is 0.191 e. The molecule has 0 saturated carbocycles. The van der Waals surface area contributed by atoms with Crippen LogP contribution in [0.4, 0.5) is 0 Å². The van der Waals surface area contributed by atoms with Gasteiger partial charge in [0, 0.05) is 30.5 Å². The van der Waals surface area contributed by atoms with Gasteiger partial charge in [0.1, 0.15) is 0 Å². The summed E-state index contributed by atoms with van der Waals surface area (Å²) < 4.78 is 5.98. The van der Waals surface area contributed by atoms with Crippen molar-refractivity contribution in [2.24, 2.45) is 10.9 Å². The van der Waals surface area contributed by atoms with E-state index in [2.05, 4.69) is 66.3 Å². The average molecular weight is 358 g/mol. The Labute approximate surface area is 154 Å². The lowest BCUT2D eigenvalue weighted by Gasteiger charge is -2.20. The van der Waals surface area contributed by atoms with Gasteiger partial charge in [-0.25, -0.2) is 0 Å². The number of ether oxygens (including phenoxy) is 1. The Kier molecular flexibility index (Phi) is 6.48. The molecule has 0 aliphatic carbocycles. The van der Waals surface area contributed by atoms with Crippen LogP contribution in [-0.4, -0.2) is 25.7 Å². The molecule has 3 unspecified atom stereocenters. The van der Waals surface area contributed by atoms with Crippen molar-refractivity contribution in [2.75, 3.05) is 19.7 Å². The fraction of sp³-hybridized carbons (Fsp3) is 0.450. The van der Waals surface area contributed by atoms with E-state index in [4.69, 9.17) is 9.73 Å². The second kappa shape index (κ2) is 9.02. The molecule has 4 nitrogen and oxygen atoms in total. The highest BCUT2D eigenvalue weighted by Gasteiger charge is 2.29. The molecule has 1 aromatic carbocycles. The lowest BCUT2D eigenvalue weighted by molar-refractivity contribution is 0.0925. The van der Waals surface area contributed by atoms with E-state index in [9.17, 15) is 0 Å². The van der Waals surface area contributed by atoms with Crippen LogP contribution in [0.2, 0.25) is 0 Å². The van der Waals surface area contributed by atoms with E-state index in [1.807, 2.05) is 6.07 Å². The first kappa shape index (κ1) is 18.0. The van der Waals surface area contributed by atoms with Crippen molar-refractivity contribution in [3.05, 3.63) is 58.3 Å². The van der Waals surface area contributed by atoms with Crippen molar-refractivity contribution in [2.45, 2.75) is 32.4 Å². The maximum absolute atomic E-state index is 5.98. The van der Waals surface area contributed by atoms with Crippen LogP contribution < -0.4 is 10.6 Å². The van der Waals surface area contributed by atoms with Crippen LogP contribution in [0.1, 0.15) is 42.9 Å². The van der Waals surface area contributed by atoms with Gasteiger partial charge in [-0.3, -0.25) is 4.99 Å². The first-order chi connectivity index (χ1) is 12.3. The summed E-state index contributed by atoms with van der Waals surface area (Å²) >= 11 is 1.77. The Balaban J connectivity index is 1.64. The molecule has 134 valence electrons. The van der Waals surface area contributed by atoms with Crippen LogP contribution in [0.25, 0.3) is 0 Å². The van der Waals surface area contributed by atoms with Gasteiger partial charge in [0.15, 0.2) is 5.96 Å². The number of thiophene rings is 1. The molecule has 2 N–H and O–H groups in total. The summed E-state index contributed by atoms with van der Waals surface area (Å²) in [7, 11) is 0. The predicted octanol–water partition coefficient (Wildman–Crippen LogP) is 4.14. The molecule has 25 heavy (non-hydrogen) atoms. The van der Waals surface area contributed by atoms with E-state index >= 15 is 0 Å². The molecular weight excluding hydrogens is 330 g/mol. The van der Waals surface area contributed by atoms with E-state index < -0.39 is 0 Å². The van der Waals surface area contributed by atoms with E-state index in [1.54, 1.807) is 11.3 Å². The first-order valence-corrected chi connectivity index (χ1v) is 9.90. The Hall–Kier alpha value is -1.85. The van der Waals surface area contributed by atoms with Crippen molar-refractivity contribution in [3.8, 4) is 0 Å². The summed E-state index contributed by atoms with van der Waals surface area (Å²) in [5.41, 5.74) is 1.25. The number of hydrogen-bond acceptors (Lipinski definition) is 3. The summed E-state index contributed by atoms with van der Waals surface area (Å²) in [5.74, 6) is 1.30. The van der Waals surface area contributed by atoms with Gasteiger partial charge >= 0.3 is 0 Å². The summed E-state index contributed by atoms with van der Waals surface area (Å²) in [6.45, 7) is 6.70. The van der Waals surface area contributed by atoms with Gasteiger partial charge in [0.2, 0.25) is 0 Å². The van der Waals surface area contributed by atoms with Crippen molar-refractivity contribution in [1.29, 1.82) is 0 Å². The zero-order chi connectivity index (χ0) is 17.5. The van der Waals surface area contributed by atoms with Crippen LogP contribution in [-0.2, 0) is 4.74 Å². The molecule has 2 aromatic rings. The van der Waals surface area contributed by atoms with Gasteiger partial charge in [-0.2, -0.15) is 0 Å². The average Bonchev–Trinajstić information content (AvgIpc) is 3.32. The minimum atomic E-state index is 0.155. The molecular formula is C20H27N3OS. The highest BCUT2D eigenvalue weighted by molar-refractivity contribution is 7.10. The van der Waals surface area contributed by atoms with Crippen molar-refractivity contribution >= 4 is 17.3 Å². The largest absolute Gasteiger partial charge is 0.373 e. The topological polar surface area (TPSA) is 45.7 Å². The van der Waals surface area contributed by atoms with Crippen LogP contribution in [0.3, 0.4) is 0 Å². The fourth-order valence-electron chi connectivity index (χ4n) is 3.17. The van der Waals surface area contributed by atoms with E-state index in [0.29, 0.717) is 5.92 Å². The van der Waals surface area contributed by atoms with Crippen molar-refractivity contribution < 1.29 is 4.74 Å². The predicted molar refractivity (Wildman–Crippen MR) is 105 cm³/mol. The van der Waals surface area contributed by atoms with Gasteiger partial charge < -0.3 is 15.4 Å². The molecule has 3 rings (SSSR count). The zero-order valence-corrected chi connectivity index (χ0v) is 15.8. The Bertz CT molecular complexity index is 657. The molecule has 1 fully saturated rings. The fourth-order valence-corrected chi connectivity index (χ4v) is 3.91. The van der Waals surface area contributed by atoms with Crippen LogP contribution in [0.5, 0.6) is 0 Å². The SMILES string of the molecule is CCNC(=NCC1CCOC1c1ccccc1)NC(C)c1cccs1. The molecule has 0 radical (unpaired) electrons. The summed E-state index contributed by atoms with van der Waals surface area (Å²) in [4.78, 5) is 6.16. The normalized spacial score (nSPS) is 21.9. The highest BCUT2D eigenvalue weighted by atomic mass is 32.1. The molecule has 1 saturated heterocycles. The number of benzene rings is 1. The van der Waals surface area contributed by atoms with E-state index in [-0.39, 0.29) is 12.1 Å². The minimum absolute atomic E-state index is 0.155. The van der Waals surface area contributed by atoms with Gasteiger partial charge in [-0.15, -0.1) is 11.3 Å². The molecule has 0 amide bonds. The number of hydrogen-bond donors (Lipinski definition) is 2. The number of guanidine groups is 1. The maximum atomic E-state index is 5.98. The van der Waals surface area contributed by atoms with E-state index in [1.165, 1.54) is 10.4 Å². The Morgan fingerprint density at radius 2 is 2.12 bits per heavy atom. The van der Waals surface area contributed by atoms with Crippen molar-refractivity contribution in [1.82, 2.24) is 10.6 Å². The molecule has 3 atom stereocenters. The number of nitrogens with zero attached hydrogens (tertiary/aromatic N) is 1. The third kappa shape index (κ3) is 4.83. The number of nitrogens with one attached hydrogen (secondary N) is 2. The maximum Gasteiger partial charge on any atom is 0.191 e. The van der Waals surface area contributed by atoms with Crippen LogP contribution >= 0.6 is 11.3 Å². The second-order valence-corrected chi connectivity index (χ2v) is 7.33. The third-order valence-corrected chi connectivity index (χ3v) is 5.55. The molecule has 0 bridgehead atoms. The van der Waals surface area contributed by atoms with E-state index in [0.717, 1.165) is 32.1 Å². The van der Waals surface area contributed by atoms with Gasteiger partial charge in [0.05, 0.1) is 12.1 Å². The van der Waals surface area contributed by atoms with Gasteiger partial charge in [0.25, 0.3) is 0 Å². The van der Waals surface area contributed by atoms with Crippen LogP contribution in [0.15, 0.2) is 52.8 Å². The van der Waals surface area contributed by atoms with Crippen molar-refractivity contribution in [3.63, 3.8) is 0 Å². The van der Waals surface area contributed by atoms with Gasteiger partial charge in [-0.1, -0.05) is 36.4 Å². The van der Waals surface area contributed by atoms with Gasteiger partial charge in [-0.05, 0) is 37.3 Å². The lowest BCUT2D eigenvalue weighted by Crippen LogP contribution is -2.39. The zero-order valence-electron chi connectivity index (χ0n) is 14.9. The number of aliphatic imine (C=N–C) groups is 1. The summed E-state index contributed by atoms with van der Waals surface area (Å²) in [5, 5.41) is 8.97. The molecule has 0 spiro atoms. The second-order valence-electron chi connectivity index (χ2n) is 6.35.